The molecule has 7 nitrogen and oxygen atoms in total. The highest BCUT2D eigenvalue weighted by Gasteiger charge is 2.12. The van der Waals surface area contributed by atoms with Gasteiger partial charge in [-0.1, -0.05) is 17.7 Å². The minimum Gasteiger partial charge on any atom is -0.494 e. The molecule has 3 aromatic rings. The molecule has 2 N–H and O–H groups in total. The largest absolute Gasteiger partial charge is 0.494 e. The zero-order valence-corrected chi connectivity index (χ0v) is 16.3. The molecule has 1 aromatic heterocycles. The molecule has 2 amide bonds. The van der Waals surface area contributed by atoms with Crippen LogP contribution < -0.4 is 20.1 Å². The van der Waals surface area contributed by atoms with E-state index in [1.165, 1.54) is 13.3 Å². The Morgan fingerprint density at radius 3 is 2.66 bits per heavy atom. The Balaban J connectivity index is 1.62. The zero-order chi connectivity index (χ0) is 20.6. The van der Waals surface area contributed by atoms with Crippen LogP contribution in [0.25, 0.3) is 0 Å². The Morgan fingerprint density at radius 1 is 1.07 bits per heavy atom. The van der Waals surface area contributed by atoms with Crippen molar-refractivity contribution in [2.24, 2.45) is 0 Å². The van der Waals surface area contributed by atoms with Gasteiger partial charge in [-0.05, 0) is 42.5 Å². The van der Waals surface area contributed by atoms with Crippen LogP contribution in [0.3, 0.4) is 0 Å². The lowest BCUT2D eigenvalue weighted by Gasteiger charge is -2.13. The number of halogens is 1. The summed E-state index contributed by atoms with van der Waals surface area (Å²) >= 11 is 5.89. The molecule has 0 fully saturated rings. The smallest absolute Gasteiger partial charge is 0.262 e. The number of carbonyl (C=O) groups excluding carboxylic acids is 2. The zero-order valence-electron chi connectivity index (χ0n) is 15.5. The number of nitrogens with zero attached hydrogens (tertiary/aromatic N) is 1. The van der Waals surface area contributed by atoms with E-state index in [0.717, 1.165) is 0 Å². The summed E-state index contributed by atoms with van der Waals surface area (Å²) in [6.45, 7) is -0.178. The second-order valence-electron chi connectivity index (χ2n) is 5.91. The Kier molecular flexibility index (Phi) is 6.65. The molecule has 0 spiro atoms. The van der Waals surface area contributed by atoms with Gasteiger partial charge in [0.15, 0.2) is 6.61 Å². The van der Waals surface area contributed by atoms with Crippen LogP contribution in [0.1, 0.15) is 10.4 Å². The molecule has 0 saturated heterocycles. The third-order valence-electron chi connectivity index (χ3n) is 3.82. The van der Waals surface area contributed by atoms with Gasteiger partial charge in [0.25, 0.3) is 11.8 Å². The summed E-state index contributed by atoms with van der Waals surface area (Å²) in [6.07, 6.45) is 3.06. The molecule has 0 unspecified atom stereocenters. The molecule has 3 rings (SSSR count). The standard InChI is InChI=1S/C21H18ClN3O4/c1-28-19-11-16(24-20(26)13-29-17-6-2-5-15(22)10-17)7-8-18(19)25-21(27)14-4-3-9-23-12-14/h2-12H,13H2,1H3,(H,24,26)(H,25,27). The molecule has 2 aromatic carbocycles. The summed E-state index contributed by atoms with van der Waals surface area (Å²) in [6, 6.07) is 15.0. The van der Waals surface area contributed by atoms with Crippen LogP contribution in [0.2, 0.25) is 5.02 Å². The molecule has 0 radical (unpaired) electrons. The Bertz CT molecular complexity index is 1010. The number of aromatic nitrogens is 1. The van der Waals surface area contributed by atoms with Crippen molar-refractivity contribution in [2.75, 3.05) is 24.4 Å². The van der Waals surface area contributed by atoms with E-state index in [2.05, 4.69) is 15.6 Å². The normalized spacial score (nSPS) is 10.1. The van der Waals surface area contributed by atoms with Gasteiger partial charge in [0.2, 0.25) is 0 Å². The maximum Gasteiger partial charge on any atom is 0.262 e. The first-order chi connectivity index (χ1) is 14.0. The predicted octanol–water partition coefficient (Wildman–Crippen LogP) is 4.01. The number of rotatable bonds is 7. The lowest BCUT2D eigenvalue weighted by Crippen LogP contribution is -2.20. The highest BCUT2D eigenvalue weighted by Crippen LogP contribution is 2.28. The van der Waals surface area contributed by atoms with E-state index in [9.17, 15) is 9.59 Å². The molecule has 8 heteroatoms. The van der Waals surface area contributed by atoms with E-state index in [0.29, 0.717) is 33.5 Å². The predicted molar refractivity (Wildman–Crippen MR) is 111 cm³/mol. The van der Waals surface area contributed by atoms with Gasteiger partial charge in [-0.15, -0.1) is 0 Å². The topological polar surface area (TPSA) is 89.5 Å². The molecule has 0 aliphatic rings. The van der Waals surface area contributed by atoms with E-state index in [4.69, 9.17) is 21.1 Å². The van der Waals surface area contributed by atoms with Gasteiger partial charge >= 0.3 is 0 Å². The third-order valence-corrected chi connectivity index (χ3v) is 4.06. The fraction of sp³-hybridized carbons (Fsp3) is 0.0952. The van der Waals surface area contributed by atoms with E-state index < -0.39 is 0 Å². The van der Waals surface area contributed by atoms with Crippen LogP contribution in [0, 0.1) is 0 Å². The van der Waals surface area contributed by atoms with Crippen molar-refractivity contribution in [1.29, 1.82) is 0 Å². The quantitative estimate of drug-likeness (QED) is 0.613. The second-order valence-corrected chi connectivity index (χ2v) is 6.34. The van der Waals surface area contributed by atoms with Crippen molar-refractivity contribution in [3.8, 4) is 11.5 Å². The van der Waals surface area contributed by atoms with Crippen LogP contribution in [-0.4, -0.2) is 30.5 Å². The molecule has 1 heterocycles. The molecular weight excluding hydrogens is 394 g/mol. The second kappa shape index (κ2) is 9.57. The van der Waals surface area contributed by atoms with E-state index in [1.54, 1.807) is 60.8 Å². The Hall–Kier alpha value is -3.58. The minimum absolute atomic E-state index is 0.178. The van der Waals surface area contributed by atoms with E-state index in [-0.39, 0.29) is 18.4 Å². The van der Waals surface area contributed by atoms with Crippen molar-refractivity contribution in [3.63, 3.8) is 0 Å². The number of ether oxygens (including phenoxy) is 2. The van der Waals surface area contributed by atoms with Crippen molar-refractivity contribution < 1.29 is 19.1 Å². The van der Waals surface area contributed by atoms with Crippen molar-refractivity contribution in [3.05, 3.63) is 77.6 Å². The molecule has 0 saturated carbocycles. The van der Waals surface area contributed by atoms with Crippen molar-refractivity contribution >= 4 is 34.8 Å². The molecule has 0 aliphatic heterocycles. The summed E-state index contributed by atoms with van der Waals surface area (Å²) in [5, 5.41) is 6.00. The summed E-state index contributed by atoms with van der Waals surface area (Å²) < 4.78 is 10.7. The molecule has 0 atom stereocenters. The van der Waals surface area contributed by atoms with Crippen LogP contribution in [-0.2, 0) is 4.79 Å². The molecule has 148 valence electrons. The van der Waals surface area contributed by atoms with Gasteiger partial charge < -0.3 is 20.1 Å². The average molecular weight is 412 g/mol. The number of hydrogen-bond donors (Lipinski definition) is 2. The highest BCUT2D eigenvalue weighted by atomic mass is 35.5. The third kappa shape index (κ3) is 5.70. The number of anilines is 2. The Morgan fingerprint density at radius 2 is 1.93 bits per heavy atom. The highest BCUT2D eigenvalue weighted by molar-refractivity contribution is 6.30. The number of carbonyl (C=O) groups is 2. The van der Waals surface area contributed by atoms with Gasteiger partial charge in [-0.2, -0.15) is 0 Å². The summed E-state index contributed by atoms with van der Waals surface area (Å²) in [5.41, 5.74) is 1.39. The van der Waals surface area contributed by atoms with Gasteiger partial charge in [0.1, 0.15) is 11.5 Å². The Labute approximate surface area is 172 Å². The van der Waals surface area contributed by atoms with Gasteiger partial charge in [0.05, 0.1) is 18.4 Å². The summed E-state index contributed by atoms with van der Waals surface area (Å²) in [5.74, 6) is 0.233. The summed E-state index contributed by atoms with van der Waals surface area (Å²) in [4.78, 5) is 28.3. The average Bonchev–Trinajstić information content (AvgIpc) is 2.74. The van der Waals surface area contributed by atoms with Crippen LogP contribution in [0.5, 0.6) is 11.5 Å². The van der Waals surface area contributed by atoms with Crippen LogP contribution in [0.4, 0.5) is 11.4 Å². The fourth-order valence-electron chi connectivity index (χ4n) is 2.47. The number of pyridine rings is 1. The monoisotopic (exact) mass is 411 g/mol. The van der Waals surface area contributed by atoms with Gasteiger partial charge in [-0.25, -0.2) is 0 Å². The number of benzene rings is 2. The summed E-state index contributed by atoms with van der Waals surface area (Å²) in [7, 11) is 1.48. The SMILES string of the molecule is COc1cc(NC(=O)COc2cccc(Cl)c2)ccc1NC(=O)c1cccnc1. The maximum atomic E-state index is 12.3. The maximum absolute atomic E-state index is 12.3. The first-order valence-corrected chi connectivity index (χ1v) is 9.00. The van der Waals surface area contributed by atoms with Gasteiger partial charge in [0, 0.05) is 29.2 Å². The first-order valence-electron chi connectivity index (χ1n) is 8.63. The molecular formula is C21H18ClN3O4. The molecule has 0 aliphatic carbocycles. The minimum atomic E-state index is -0.348. The lowest BCUT2D eigenvalue weighted by atomic mass is 10.2. The molecule has 0 bridgehead atoms. The number of hydrogen-bond acceptors (Lipinski definition) is 5. The van der Waals surface area contributed by atoms with Gasteiger partial charge in [-0.3, -0.25) is 14.6 Å². The number of nitrogens with one attached hydrogen (secondary N) is 2. The number of methoxy groups -OCH3 is 1. The first kappa shape index (κ1) is 20.2. The van der Waals surface area contributed by atoms with Crippen molar-refractivity contribution in [2.45, 2.75) is 0 Å². The molecule has 29 heavy (non-hydrogen) atoms. The lowest BCUT2D eigenvalue weighted by molar-refractivity contribution is -0.118. The van der Waals surface area contributed by atoms with Crippen LogP contribution >= 0.6 is 11.6 Å². The van der Waals surface area contributed by atoms with E-state index in [1.807, 2.05) is 0 Å². The fourth-order valence-corrected chi connectivity index (χ4v) is 2.65. The van der Waals surface area contributed by atoms with Crippen LogP contribution in [0.15, 0.2) is 67.0 Å². The van der Waals surface area contributed by atoms with E-state index >= 15 is 0 Å². The van der Waals surface area contributed by atoms with Crippen molar-refractivity contribution in [1.82, 2.24) is 4.98 Å². The number of amides is 2.